The van der Waals surface area contributed by atoms with Gasteiger partial charge in [0.15, 0.2) is 17.7 Å². The molecule has 120 valence electrons. The number of hydrogen-bond acceptors (Lipinski definition) is 8. The zero-order chi connectivity index (χ0) is 15.7. The summed E-state index contributed by atoms with van der Waals surface area (Å²) in [6.07, 6.45) is 1.75. The van der Waals surface area contributed by atoms with Crippen LogP contribution in [0.1, 0.15) is 6.23 Å². The number of ether oxygens (including phenoxy) is 4. The summed E-state index contributed by atoms with van der Waals surface area (Å²) in [7, 11) is 4.85. The molecule has 0 amide bonds. The molecule has 1 aliphatic rings. The standard InChI is InChI=1S/C13H19N5O4/c1-19-4-7-9(20-2)10(21-3)13(22-7)18-6-17-8-11(14)15-5-16-12(8)18/h5-7,9-10,13H,4H2,1-3H3,(H2,14,15,16)/t7-,9?,10?,13-/m1/s1. The van der Waals surface area contributed by atoms with Gasteiger partial charge in [0, 0.05) is 21.3 Å². The number of aromatic nitrogens is 4. The molecule has 2 N–H and O–H groups in total. The van der Waals surface area contributed by atoms with E-state index in [0.29, 0.717) is 23.6 Å². The molecule has 0 spiro atoms. The maximum atomic E-state index is 6.05. The van der Waals surface area contributed by atoms with Crippen LogP contribution in [0.4, 0.5) is 5.82 Å². The third-order valence-electron chi connectivity index (χ3n) is 3.82. The fraction of sp³-hybridized carbons (Fsp3) is 0.615. The Morgan fingerprint density at radius 3 is 2.64 bits per heavy atom. The van der Waals surface area contributed by atoms with Gasteiger partial charge in [-0.1, -0.05) is 0 Å². The fourth-order valence-electron chi connectivity index (χ4n) is 2.82. The van der Waals surface area contributed by atoms with Gasteiger partial charge in [-0.05, 0) is 0 Å². The second kappa shape index (κ2) is 6.13. The van der Waals surface area contributed by atoms with Crippen molar-refractivity contribution < 1.29 is 18.9 Å². The van der Waals surface area contributed by atoms with Crippen molar-refractivity contribution in [2.75, 3.05) is 33.7 Å². The van der Waals surface area contributed by atoms with Crippen molar-refractivity contribution >= 4 is 17.0 Å². The number of imidazole rings is 1. The van der Waals surface area contributed by atoms with Gasteiger partial charge in [0.25, 0.3) is 0 Å². The molecule has 1 aliphatic heterocycles. The minimum atomic E-state index is -0.436. The molecule has 0 bridgehead atoms. The predicted molar refractivity (Wildman–Crippen MR) is 77.1 cm³/mol. The van der Waals surface area contributed by atoms with Gasteiger partial charge in [-0.2, -0.15) is 0 Å². The van der Waals surface area contributed by atoms with E-state index in [1.807, 2.05) is 0 Å². The molecule has 0 aromatic carbocycles. The Hall–Kier alpha value is -1.81. The van der Waals surface area contributed by atoms with Gasteiger partial charge < -0.3 is 24.7 Å². The lowest BCUT2D eigenvalue weighted by molar-refractivity contribution is -0.0636. The Morgan fingerprint density at radius 1 is 1.18 bits per heavy atom. The number of nitrogens with zero attached hydrogens (tertiary/aromatic N) is 4. The molecule has 22 heavy (non-hydrogen) atoms. The summed E-state index contributed by atoms with van der Waals surface area (Å²) in [5.74, 6) is 0.326. The number of methoxy groups -OCH3 is 3. The SMILES string of the molecule is COC[C@H]1O[C@@H](n2cnc3c(N)ncnc32)C(OC)C1OC. The number of hydrogen-bond donors (Lipinski definition) is 1. The van der Waals surface area contributed by atoms with Crippen molar-refractivity contribution in [3.8, 4) is 0 Å². The van der Waals surface area contributed by atoms with E-state index in [1.54, 1.807) is 32.2 Å². The highest BCUT2D eigenvalue weighted by Crippen LogP contribution is 2.35. The molecule has 1 saturated heterocycles. The summed E-state index contributed by atoms with van der Waals surface area (Å²) in [4.78, 5) is 12.4. The summed E-state index contributed by atoms with van der Waals surface area (Å²) in [6.45, 7) is 0.401. The topological polar surface area (TPSA) is 107 Å². The summed E-state index contributed by atoms with van der Waals surface area (Å²) >= 11 is 0. The van der Waals surface area contributed by atoms with Gasteiger partial charge in [0.1, 0.15) is 30.2 Å². The Kier molecular flexibility index (Phi) is 4.21. The molecule has 0 radical (unpaired) electrons. The first-order valence-electron chi connectivity index (χ1n) is 6.84. The normalized spacial score (nSPS) is 28.5. The maximum absolute atomic E-state index is 6.05. The largest absolute Gasteiger partial charge is 0.382 e. The first kappa shape index (κ1) is 15.1. The van der Waals surface area contributed by atoms with Gasteiger partial charge >= 0.3 is 0 Å². The van der Waals surface area contributed by atoms with E-state index >= 15 is 0 Å². The van der Waals surface area contributed by atoms with E-state index in [9.17, 15) is 0 Å². The van der Waals surface area contributed by atoms with E-state index in [0.717, 1.165) is 0 Å². The number of anilines is 1. The van der Waals surface area contributed by atoms with E-state index in [2.05, 4.69) is 15.0 Å². The van der Waals surface area contributed by atoms with Crippen molar-refractivity contribution in [3.63, 3.8) is 0 Å². The van der Waals surface area contributed by atoms with Crippen molar-refractivity contribution in [1.82, 2.24) is 19.5 Å². The fourth-order valence-corrected chi connectivity index (χ4v) is 2.82. The number of fused-ring (bicyclic) bond motifs is 1. The highest BCUT2D eigenvalue weighted by atomic mass is 16.6. The van der Waals surface area contributed by atoms with Crippen molar-refractivity contribution in [2.24, 2.45) is 0 Å². The predicted octanol–water partition coefficient (Wildman–Crippen LogP) is -0.0177. The van der Waals surface area contributed by atoms with Gasteiger partial charge in [-0.25, -0.2) is 15.0 Å². The maximum Gasteiger partial charge on any atom is 0.167 e. The van der Waals surface area contributed by atoms with Crippen LogP contribution in [0.15, 0.2) is 12.7 Å². The highest BCUT2D eigenvalue weighted by Gasteiger charge is 2.46. The van der Waals surface area contributed by atoms with Crippen LogP contribution in [0.25, 0.3) is 11.2 Å². The Bertz CT molecular complexity index is 648. The van der Waals surface area contributed by atoms with Crippen LogP contribution in [0.3, 0.4) is 0 Å². The van der Waals surface area contributed by atoms with Gasteiger partial charge in [0.2, 0.25) is 0 Å². The van der Waals surface area contributed by atoms with Crippen molar-refractivity contribution in [1.29, 1.82) is 0 Å². The number of rotatable bonds is 5. The lowest BCUT2D eigenvalue weighted by atomic mass is 10.1. The molecule has 9 nitrogen and oxygen atoms in total. The zero-order valence-corrected chi connectivity index (χ0v) is 12.7. The molecule has 2 aromatic rings. The van der Waals surface area contributed by atoms with Crippen LogP contribution in [0.5, 0.6) is 0 Å². The second-order valence-corrected chi connectivity index (χ2v) is 5.00. The number of nitrogen functional groups attached to an aromatic ring is 1. The third-order valence-corrected chi connectivity index (χ3v) is 3.82. The average molecular weight is 309 g/mol. The monoisotopic (exact) mass is 309 g/mol. The molecule has 1 fully saturated rings. The molecule has 9 heteroatoms. The molecule has 0 aliphatic carbocycles. The molecular formula is C13H19N5O4. The molecule has 0 saturated carbocycles. The average Bonchev–Trinajstić information content (AvgIpc) is 3.09. The van der Waals surface area contributed by atoms with Crippen molar-refractivity contribution in [2.45, 2.75) is 24.5 Å². The van der Waals surface area contributed by atoms with Crippen LogP contribution in [0.2, 0.25) is 0 Å². The van der Waals surface area contributed by atoms with E-state index < -0.39 is 6.23 Å². The molecule has 2 unspecified atom stereocenters. The van der Waals surface area contributed by atoms with E-state index in [1.165, 1.54) is 6.33 Å². The molecule has 3 heterocycles. The van der Waals surface area contributed by atoms with Crippen LogP contribution in [-0.4, -0.2) is 65.8 Å². The minimum Gasteiger partial charge on any atom is -0.382 e. The number of nitrogens with two attached hydrogens (primary N) is 1. The second-order valence-electron chi connectivity index (χ2n) is 5.00. The van der Waals surface area contributed by atoms with Gasteiger partial charge in [0.05, 0.1) is 12.9 Å². The Balaban J connectivity index is 2.00. The van der Waals surface area contributed by atoms with Gasteiger partial charge in [-0.15, -0.1) is 0 Å². The van der Waals surface area contributed by atoms with E-state index in [-0.39, 0.29) is 18.3 Å². The quantitative estimate of drug-likeness (QED) is 0.821. The summed E-state index contributed by atoms with van der Waals surface area (Å²) < 4.78 is 24.1. The molecule has 2 aromatic heterocycles. The molecule has 4 atom stereocenters. The van der Waals surface area contributed by atoms with Crippen LogP contribution >= 0.6 is 0 Å². The van der Waals surface area contributed by atoms with E-state index in [4.69, 9.17) is 24.7 Å². The summed E-state index contributed by atoms with van der Waals surface area (Å²) in [5.41, 5.74) is 6.94. The van der Waals surface area contributed by atoms with Crippen LogP contribution in [0, 0.1) is 0 Å². The lowest BCUT2D eigenvalue weighted by Gasteiger charge is -2.21. The lowest BCUT2D eigenvalue weighted by Crippen LogP contribution is -2.36. The smallest absolute Gasteiger partial charge is 0.167 e. The Labute approximate surface area is 127 Å². The first-order chi connectivity index (χ1) is 10.7. The van der Waals surface area contributed by atoms with Crippen LogP contribution < -0.4 is 5.73 Å². The van der Waals surface area contributed by atoms with Gasteiger partial charge in [-0.3, -0.25) is 4.57 Å². The highest BCUT2D eigenvalue weighted by molar-refractivity contribution is 5.81. The van der Waals surface area contributed by atoms with Crippen molar-refractivity contribution in [3.05, 3.63) is 12.7 Å². The summed E-state index contributed by atoms with van der Waals surface area (Å²) in [5, 5.41) is 0. The van der Waals surface area contributed by atoms with Crippen LogP contribution in [-0.2, 0) is 18.9 Å². The third kappa shape index (κ3) is 2.31. The molecular weight excluding hydrogens is 290 g/mol. The molecule has 3 rings (SSSR count). The minimum absolute atomic E-state index is 0.249. The first-order valence-corrected chi connectivity index (χ1v) is 6.84. The Morgan fingerprint density at radius 2 is 1.95 bits per heavy atom. The zero-order valence-electron chi connectivity index (χ0n) is 12.7. The summed E-state index contributed by atoms with van der Waals surface area (Å²) in [6, 6.07) is 0.